The molecule has 1 aromatic carbocycles. The second-order valence-electron chi connectivity index (χ2n) is 7.93. The van der Waals surface area contributed by atoms with E-state index in [9.17, 15) is 4.79 Å². The molecule has 9 nitrogen and oxygen atoms in total. The number of amides is 1. The van der Waals surface area contributed by atoms with Gasteiger partial charge >= 0.3 is 0 Å². The largest absolute Gasteiger partial charge is 0.336 e. The van der Waals surface area contributed by atoms with Gasteiger partial charge in [0.25, 0.3) is 0 Å². The van der Waals surface area contributed by atoms with Crippen LogP contribution in [0.1, 0.15) is 5.56 Å². The second kappa shape index (κ2) is 8.41. The SMILES string of the molecule is O=C(Cc1ccccc1)Nc1cncc(-c2ncc3[nH]nc(-c4nc5cnccc5[nH]4)c3c2F)c1. The minimum atomic E-state index is -0.570. The van der Waals surface area contributed by atoms with Crippen LogP contribution in [0.25, 0.3) is 44.7 Å². The zero-order valence-corrected chi connectivity index (χ0v) is 18.2. The van der Waals surface area contributed by atoms with Gasteiger partial charge in [0.15, 0.2) is 11.6 Å². The summed E-state index contributed by atoms with van der Waals surface area (Å²) in [5.74, 6) is -0.356. The molecule has 0 unspecified atom stereocenters. The van der Waals surface area contributed by atoms with Crippen LogP contribution in [0.15, 0.2) is 73.4 Å². The molecule has 0 radical (unpaired) electrons. The summed E-state index contributed by atoms with van der Waals surface area (Å²) >= 11 is 0. The van der Waals surface area contributed by atoms with E-state index in [1.165, 1.54) is 18.6 Å². The highest BCUT2D eigenvalue weighted by Gasteiger charge is 2.20. The summed E-state index contributed by atoms with van der Waals surface area (Å²) in [7, 11) is 0. The Balaban J connectivity index is 1.34. The van der Waals surface area contributed by atoms with E-state index in [0.717, 1.165) is 11.1 Å². The number of nitrogens with one attached hydrogen (secondary N) is 3. The Bertz CT molecular complexity index is 1660. The first kappa shape index (κ1) is 20.6. The summed E-state index contributed by atoms with van der Waals surface area (Å²) in [5.41, 5.74) is 4.02. The molecule has 0 saturated carbocycles. The predicted octanol–water partition coefficient (Wildman–Crippen LogP) is 4.28. The molecule has 0 aliphatic rings. The highest BCUT2D eigenvalue weighted by Crippen LogP contribution is 2.32. The van der Waals surface area contributed by atoms with Crippen LogP contribution in [0.5, 0.6) is 0 Å². The van der Waals surface area contributed by atoms with E-state index >= 15 is 4.39 Å². The lowest BCUT2D eigenvalue weighted by Crippen LogP contribution is -2.14. The van der Waals surface area contributed by atoms with Crippen molar-refractivity contribution >= 4 is 33.5 Å². The van der Waals surface area contributed by atoms with E-state index in [4.69, 9.17) is 0 Å². The number of imidazole rings is 1. The number of halogens is 1. The van der Waals surface area contributed by atoms with Crippen LogP contribution in [0.3, 0.4) is 0 Å². The third kappa shape index (κ3) is 3.86. The van der Waals surface area contributed by atoms with Crippen LogP contribution >= 0.6 is 0 Å². The number of rotatable bonds is 5. The Morgan fingerprint density at radius 2 is 1.86 bits per heavy atom. The topological polar surface area (TPSA) is 125 Å². The van der Waals surface area contributed by atoms with E-state index < -0.39 is 5.82 Å². The molecule has 5 heterocycles. The van der Waals surface area contributed by atoms with Crippen molar-refractivity contribution in [3.8, 4) is 22.8 Å². The lowest BCUT2D eigenvalue weighted by atomic mass is 10.1. The molecule has 3 N–H and O–H groups in total. The summed E-state index contributed by atoms with van der Waals surface area (Å²) in [6.07, 6.45) is 8.00. The summed E-state index contributed by atoms with van der Waals surface area (Å²) in [5, 5.41) is 10.1. The van der Waals surface area contributed by atoms with Crippen molar-refractivity contribution in [3.63, 3.8) is 0 Å². The third-order valence-corrected chi connectivity index (χ3v) is 5.56. The predicted molar refractivity (Wildman–Crippen MR) is 129 cm³/mol. The Hall–Kier alpha value is -4.99. The zero-order chi connectivity index (χ0) is 23.8. The van der Waals surface area contributed by atoms with Crippen molar-refractivity contribution in [1.29, 1.82) is 0 Å². The van der Waals surface area contributed by atoms with Gasteiger partial charge in [-0.05, 0) is 17.7 Å². The molecule has 0 spiro atoms. The van der Waals surface area contributed by atoms with Gasteiger partial charge in [-0.15, -0.1) is 0 Å². The number of H-pyrrole nitrogens is 2. The first-order valence-corrected chi connectivity index (χ1v) is 10.8. The molecule has 0 aliphatic carbocycles. The second-order valence-corrected chi connectivity index (χ2v) is 7.93. The van der Waals surface area contributed by atoms with Crippen molar-refractivity contribution in [2.24, 2.45) is 0 Å². The summed E-state index contributed by atoms with van der Waals surface area (Å²) in [6, 6.07) is 12.8. The normalized spacial score (nSPS) is 11.2. The molecular weight excluding hydrogens is 447 g/mol. The molecule has 170 valence electrons. The summed E-state index contributed by atoms with van der Waals surface area (Å²) < 4.78 is 15.8. The number of anilines is 1. The van der Waals surface area contributed by atoms with Crippen molar-refractivity contribution < 1.29 is 9.18 Å². The van der Waals surface area contributed by atoms with Crippen LogP contribution in [-0.4, -0.2) is 41.0 Å². The van der Waals surface area contributed by atoms with Crippen molar-refractivity contribution in [3.05, 3.63) is 84.8 Å². The average Bonchev–Trinajstić information content (AvgIpc) is 3.49. The first-order valence-electron chi connectivity index (χ1n) is 10.8. The molecule has 0 atom stereocenters. The van der Waals surface area contributed by atoms with Crippen molar-refractivity contribution in [1.82, 2.24) is 35.1 Å². The maximum absolute atomic E-state index is 15.8. The molecule has 6 rings (SSSR count). The van der Waals surface area contributed by atoms with Gasteiger partial charge in [0.05, 0.1) is 47.1 Å². The summed E-state index contributed by atoms with van der Waals surface area (Å²) in [6.45, 7) is 0. The van der Waals surface area contributed by atoms with Crippen LogP contribution in [0, 0.1) is 5.82 Å². The number of benzene rings is 1. The lowest BCUT2D eigenvalue weighted by Gasteiger charge is -2.08. The van der Waals surface area contributed by atoms with Crippen LogP contribution < -0.4 is 5.32 Å². The quantitative estimate of drug-likeness (QED) is 0.350. The number of fused-ring (bicyclic) bond motifs is 2. The lowest BCUT2D eigenvalue weighted by molar-refractivity contribution is -0.115. The van der Waals surface area contributed by atoms with Gasteiger partial charge in [-0.3, -0.25) is 24.8 Å². The van der Waals surface area contributed by atoms with Gasteiger partial charge in [0.1, 0.15) is 16.9 Å². The number of aromatic amines is 2. The van der Waals surface area contributed by atoms with Gasteiger partial charge < -0.3 is 10.3 Å². The van der Waals surface area contributed by atoms with Crippen LogP contribution in [-0.2, 0) is 11.2 Å². The van der Waals surface area contributed by atoms with Gasteiger partial charge in [0.2, 0.25) is 5.91 Å². The Labute approximate surface area is 197 Å². The van der Waals surface area contributed by atoms with E-state index in [-0.39, 0.29) is 23.4 Å². The Morgan fingerprint density at radius 3 is 2.71 bits per heavy atom. The Morgan fingerprint density at radius 1 is 0.971 bits per heavy atom. The van der Waals surface area contributed by atoms with Gasteiger partial charge in [0, 0.05) is 18.0 Å². The van der Waals surface area contributed by atoms with Crippen LogP contribution in [0.4, 0.5) is 10.1 Å². The molecule has 1 amide bonds. The number of nitrogens with zero attached hydrogens (tertiary/aromatic N) is 5. The fraction of sp³-hybridized carbons (Fsp3) is 0.0400. The molecular formula is C25H17FN8O. The fourth-order valence-corrected chi connectivity index (χ4v) is 3.94. The summed E-state index contributed by atoms with van der Waals surface area (Å²) in [4.78, 5) is 32.6. The number of aromatic nitrogens is 7. The molecule has 35 heavy (non-hydrogen) atoms. The van der Waals surface area contributed by atoms with Gasteiger partial charge in [-0.25, -0.2) is 9.37 Å². The monoisotopic (exact) mass is 464 g/mol. The van der Waals surface area contributed by atoms with Crippen molar-refractivity contribution in [2.75, 3.05) is 5.32 Å². The molecule has 5 aromatic heterocycles. The standard InChI is InChI=1S/C25H17FN8O/c26-22-21-19(33-34-24(21)25-31-17-6-7-27-12-18(17)32-25)13-29-23(22)15-9-16(11-28-10-15)30-20(35)8-14-4-2-1-3-5-14/h1-7,9-13H,8H2,(H,30,35)(H,31,32)(H,33,34). The number of hydrogen-bond acceptors (Lipinski definition) is 6. The van der Waals surface area contributed by atoms with Gasteiger partial charge in [-0.2, -0.15) is 5.10 Å². The average molecular weight is 464 g/mol. The number of carbonyl (C=O) groups is 1. The van der Waals surface area contributed by atoms with E-state index in [1.54, 1.807) is 24.5 Å². The Kier molecular flexibility index (Phi) is 4.95. The van der Waals surface area contributed by atoms with Crippen LogP contribution in [0.2, 0.25) is 0 Å². The number of pyridine rings is 3. The molecule has 0 aliphatic heterocycles. The van der Waals surface area contributed by atoms with E-state index in [1.807, 2.05) is 30.3 Å². The van der Waals surface area contributed by atoms with Gasteiger partial charge in [-0.1, -0.05) is 30.3 Å². The van der Waals surface area contributed by atoms with Crippen molar-refractivity contribution in [2.45, 2.75) is 6.42 Å². The first-order chi connectivity index (χ1) is 17.2. The maximum Gasteiger partial charge on any atom is 0.228 e. The third-order valence-electron chi connectivity index (χ3n) is 5.56. The fourth-order valence-electron chi connectivity index (χ4n) is 3.94. The molecule has 10 heteroatoms. The minimum Gasteiger partial charge on any atom is -0.336 e. The zero-order valence-electron chi connectivity index (χ0n) is 18.2. The number of hydrogen-bond donors (Lipinski definition) is 3. The van der Waals surface area contributed by atoms with E-state index in [2.05, 4.69) is 40.4 Å². The van der Waals surface area contributed by atoms with E-state index in [0.29, 0.717) is 33.8 Å². The highest BCUT2D eigenvalue weighted by atomic mass is 19.1. The number of carbonyl (C=O) groups excluding carboxylic acids is 1. The maximum atomic E-state index is 15.8. The molecule has 6 aromatic rings. The molecule has 0 bridgehead atoms. The molecule has 0 fully saturated rings. The minimum absolute atomic E-state index is 0.0876. The highest BCUT2D eigenvalue weighted by molar-refractivity contribution is 5.96. The smallest absolute Gasteiger partial charge is 0.228 e. The molecule has 0 saturated heterocycles.